The lowest BCUT2D eigenvalue weighted by Crippen LogP contribution is -2.50. The van der Waals surface area contributed by atoms with E-state index in [0.717, 1.165) is 60.6 Å². The smallest absolute Gasteiger partial charge is 0.236 e. The number of aromatic nitrogens is 2. The van der Waals surface area contributed by atoms with Crippen molar-refractivity contribution in [3.8, 4) is 0 Å². The van der Waals surface area contributed by atoms with E-state index < -0.39 is 0 Å². The Labute approximate surface area is 194 Å². The molecule has 8 heteroatoms. The number of hydrogen-bond acceptors (Lipinski definition) is 7. The molecule has 33 heavy (non-hydrogen) atoms. The van der Waals surface area contributed by atoms with Gasteiger partial charge in [0.05, 0.1) is 18.0 Å². The van der Waals surface area contributed by atoms with E-state index in [1.807, 2.05) is 23.2 Å². The molecule has 1 saturated carbocycles. The van der Waals surface area contributed by atoms with Gasteiger partial charge in [0.2, 0.25) is 11.9 Å². The molecule has 3 aliphatic rings. The van der Waals surface area contributed by atoms with E-state index in [4.69, 9.17) is 10.7 Å². The maximum atomic E-state index is 11.8. The minimum Gasteiger partial charge on any atom is -0.512 e. The quantitative estimate of drug-likeness (QED) is 0.644. The first-order valence-electron chi connectivity index (χ1n) is 12.0. The Bertz CT molecular complexity index is 1040. The summed E-state index contributed by atoms with van der Waals surface area (Å²) in [5, 5.41) is 14.0. The summed E-state index contributed by atoms with van der Waals surface area (Å²) in [6.45, 7) is 3.06. The highest BCUT2D eigenvalue weighted by molar-refractivity contribution is 5.78. The third-order valence-electron chi connectivity index (χ3n) is 7.12. The number of nitrogens with one attached hydrogen (secondary N) is 1. The van der Waals surface area contributed by atoms with Gasteiger partial charge in [-0.15, -0.1) is 0 Å². The van der Waals surface area contributed by atoms with Crippen LogP contribution in [0.4, 0.5) is 17.3 Å². The van der Waals surface area contributed by atoms with E-state index in [1.54, 1.807) is 0 Å². The van der Waals surface area contributed by atoms with Crippen LogP contribution < -0.4 is 16.0 Å². The number of anilines is 3. The standard InChI is InChI=1S/C25H32N6O2/c26-15-22(33)31-13-11-30(12-14-31)20-8-6-19(7-9-20)28-25-27-16-18-5-10-21(32)23(24(18)29-25)17-3-1-2-4-17/h6-9,16-17,32H,1-5,10-15,26H2,(H,27,28,29). The molecule has 2 heterocycles. The molecule has 4 N–H and O–H groups in total. The van der Waals surface area contributed by atoms with Crippen LogP contribution in [0.3, 0.4) is 0 Å². The number of aliphatic hydroxyl groups excluding tert-OH is 1. The van der Waals surface area contributed by atoms with Crippen LogP contribution in [0.25, 0.3) is 5.57 Å². The summed E-state index contributed by atoms with van der Waals surface area (Å²) in [5.74, 6) is 1.49. The zero-order chi connectivity index (χ0) is 22.8. The average Bonchev–Trinajstić information content (AvgIpc) is 3.38. The van der Waals surface area contributed by atoms with E-state index >= 15 is 0 Å². The third kappa shape index (κ3) is 4.53. The number of aryl methyl sites for hydroxylation is 1. The Morgan fingerprint density at radius 1 is 1.09 bits per heavy atom. The number of hydrogen-bond donors (Lipinski definition) is 3. The summed E-state index contributed by atoms with van der Waals surface area (Å²) < 4.78 is 0. The summed E-state index contributed by atoms with van der Waals surface area (Å²) in [6, 6.07) is 8.22. The fourth-order valence-corrected chi connectivity index (χ4v) is 5.28. The summed E-state index contributed by atoms with van der Waals surface area (Å²) in [7, 11) is 0. The number of rotatable bonds is 5. The van der Waals surface area contributed by atoms with Crippen molar-refractivity contribution in [2.45, 2.75) is 38.5 Å². The highest BCUT2D eigenvalue weighted by Gasteiger charge is 2.29. The lowest BCUT2D eigenvalue weighted by atomic mass is 9.85. The molecule has 174 valence electrons. The Kier molecular flexibility index (Phi) is 6.17. The van der Waals surface area contributed by atoms with Crippen LogP contribution in [-0.4, -0.2) is 58.6 Å². The summed E-state index contributed by atoms with van der Waals surface area (Å²) in [4.78, 5) is 25.2. The molecule has 5 rings (SSSR count). The predicted molar refractivity (Wildman–Crippen MR) is 129 cm³/mol. The Balaban J connectivity index is 1.28. The largest absolute Gasteiger partial charge is 0.512 e. The second-order valence-electron chi connectivity index (χ2n) is 9.15. The van der Waals surface area contributed by atoms with Crippen molar-refractivity contribution in [2.75, 3.05) is 42.9 Å². The molecule has 1 saturated heterocycles. The predicted octanol–water partition coefficient (Wildman–Crippen LogP) is 3.23. The van der Waals surface area contributed by atoms with Crippen molar-refractivity contribution in [3.63, 3.8) is 0 Å². The molecule has 2 aliphatic carbocycles. The van der Waals surface area contributed by atoms with Crippen molar-refractivity contribution >= 4 is 28.8 Å². The van der Waals surface area contributed by atoms with Gasteiger partial charge >= 0.3 is 0 Å². The van der Waals surface area contributed by atoms with E-state index in [0.29, 0.717) is 37.1 Å². The Hall–Kier alpha value is -3.13. The molecule has 8 nitrogen and oxygen atoms in total. The molecule has 0 unspecified atom stereocenters. The van der Waals surface area contributed by atoms with Crippen LogP contribution in [0.2, 0.25) is 0 Å². The summed E-state index contributed by atoms with van der Waals surface area (Å²) in [5.41, 5.74) is 10.6. The van der Waals surface area contributed by atoms with Gasteiger partial charge in [-0.2, -0.15) is 0 Å². The third-order valence-corrected chi connectivity index (χ3v) is 7.12. The van der Waals surface area contributed by atoms with Crippen molar-refractivity contribution in [3.05, 3.63) is 47.5 Å². The van der Waals surface area contributed by atoms with Crippen LogP contribution in [0.15, 0.2) is 36.2 Å². The molecule has 0 atom stereocenters. The van der Waals surface area contributed by atoms with Crippen molar-refractivity contribution < 1.29 is 9.90 Å². The van der Waals surface area contributed by atoms with Gasteiger partial charge in [0.1, 0.15) is 0 Å². The first-order chi connectivity index (χ1) is 16.1. The van der Waals surface area contributed by atoms with Crippen LogP contribution >= 0.6 is 0 Å². The van der Waals surface area contributed by atoms with E-state index in [2.05, 4.69) is 27.3 Å². The number of aliphatic hydroxyl groups is 1. The molecular weight excluding hydrogens is 416 g/mol. The summed E-state index contributed by atoms with van der Waals surface area (Å²) in [6.07, 6.45) is 8.07. The second kappa shape index (κ2) is 9.39. The number of allylic oxidation sites excluding steroid dienone is 2. The normalized spacial score (nSPS) is 19.1. The van der Waals surface area contributed by atoms with Crippen molar-refractivity contribution in [1.82, 2.24) is 14.9 Å². The van der Waals surface area contributed by atoms with Gasteiger partial charge in [0.15, 0.2) is 0 Å². The summed E-state index contributed by atoms with van der Waals surface area (Å²) >= 11 is 0. The molecule has 2 fully saturated rings. The molecular formula is C25H32N6O2. The molecule has 1 aromatic carbocycles. The fraction of sp³-hybridized carbons (Fsp3) is 0.480. The van der Waals surface area contributed by atoms with Crippen molar-refractivity contribution in [2.24, 2.45) is 11.7 Å². The second-order valence-corrected chi connectivity index (χ2v) is 9.15. The van der Waals surface area contributed by atoms with Crippen LogP contribution in [-0.2, 0) is 11.2 Å². The lowest BCUT2D eigenvalue weighted by molar-refractivity contribution is -0.129. The topological polar surface area (TPSA) is 108 Å². The van der Waals surface area contributed by atoms with Crippen LogP contribution in [0, 0.1) is 5.92 Å². The number of carbonyl (C=O) groups is 1. The molecule has 1 aromatic heterocycles. The van der Waals surface area contributed by atoms with Gasteiger partial charge in [-0.05, 0) is 55.0 Å². The zero-order valence-electron chi connectivity index (χ0n) is 19.0. The maximum Gasteiger partial charge on any atom is 0.236 e. The van der Waals surface area contributed by atoms with Gasteiger partial charge in [0.25, 0.3) is 0 Å². The van der Waals surface area contributed by atoms with Crippen molar-refractivity contribution in [1.29, 1.82) is 0 Å². The SMILES string of the molecule is NCC(=O)N1CCN(c2ccc(Nc3ncc4c(n3)C(C3CCCC3)=C(O)CC4)cc2)CC1. The highest BCUT2D eigenvalue weighted by Crippen LogP contribution is 2.42. The lowest BCUT2D eigenvalue weighted by Gasteiger charge is -2.36. The number of piperazine rings is 1. The maximum absolute atomic E-state index is 11.8. The number of carbonyl (C=O) groups excluding carboxylic acids is 1. The van der Waals surface area contributed by atoms with Crippen LogP contribution in [0.5, 0.6) is 0 Å². The highest BCUT2D eigenvalue weighted by atomic mass is 16.3. The first kappa shape index (κ1) is 21.7. The molecule has 0 spiro atoms. The number of fused-ring (bicyclic) bond motifs is 1. The van der Waals surface area contributed by atoms with Gasteiger partial charge < -0.3 is 26.0 Å². The number of nitrogens with zero attached hydrogens (tertiary/aromatic N) is 4. The van der Waals surface area contributed by atoms with Gasteiger partial charge in [-0.3, -0.25) is 4.79 Å². The van der Waals surface area contributed by atoms with E-state index in [9.17, 15) is 9.90 Å². The van der Waals surface area contributed by atoms with Gasteiger partial charge in [-0.1, -0.05) is 12.8 Å². The first-order valence-corrected chi connectivity index (χ1v) is 12.0. The van der Waals surface area contributed by atoms with Gasteiger partial charge in [-0.25, -0.2) is 9.97 Å². The molecule has 1 aliphatic heterocycles. The molecule has 1 amide bonds. The average molecular weight is 449 g/mol. The minimum atomic E-state index is 0.0125. The molecule has 2 aromatic rings. The fourth-order valence-electron chi connectivity index (χ4n) is 5.28. The van der Waals surface area contributed by atoms with E-state index in [1.165, 1.54) is 12.8 Å². The van der Waals surface area contributed by atoms with Crippen LogP contribution in [0.1, 0.15) is 43.4 Å². The number of nitrogens with two attached hydrogens (primary N) is 1. The minimum absolute atomic E-state index is 0.0125. The monoisotopic (exact) mass is 448 g/mol. The zero-order valence-corrected chi connectivity index (χ0v) is 19.0. The molecule has 0 radical (unpaired) electrons. The number of amides is 1. The van der Waals surface area contributed by atoms with E-state index in [-0.39, 0.29) is 12.5 Å². The van der Waals surface area contributed by atoms with Gasteiger partial charge in [0, 0.05) is 55.7 Å². The Morgan fingerprint density at radius 3 is 2.52 bits per heavy atom. The number of benzene rings is 1. The Morgan fingerprint density at radius 2 is 1.82 bits per heavy atom. The molecule has 0 bridgehead atoms.